The van der Waals surface area contributed by atoms with Crippen molar-refractivity contribution in [3.63, 3.8) is 0 Å². The topological polar surface area (TPSA) is 79.2 Å². The number of nitrogen functional groups attached to an aromatic ring is 1. The minimum absolute atomic E-state index is 0.118. The van der Waals surface area contributed by atoms with Gasteiger partial charge in [0.15, 0.2) is 0 Å². The van der Waals surface area contributed by atoms with Crippen LogP contribution in [0.4, 0.5) is 5.82 Å². The molecule has 3 rings (SSSR count). The summed E-state index contributed by atoms with van der Waals surface area (Å²) in [5.74, 6) is 0.831. The molecular weight excluding hydrogens is 350 g/mol. The van der Waals surface area contributed by atoms with Gasteiger partial charge in [0.1, 0.15) is 11.6 Å². The zero-order valence-electron chi connectivity index (χ0n) is 14.5. The number of rotatable bonds is 5. The van der Waals surface area contributed by atoms with Crippen LogP contribution in [0.25, 0.3) is 5.69 Å². The molecule has 6 nitrogen and oxygen atoms in total. The molecule has 134 valence electrons. The molecule has 7 heteroatoms. The van der Waals surface area contributed by atoms with Gasteiger partial charge < -0.3 is 10.5 Å². The Balaban J connectivity index is 2.12. The van der Waals surface area contributed by atoms with Gasteiger partial charge in [0.25, 0.3) is 5.56 Å². The number of para-hydroxylation sites is 1. The number of anilines is 1. The molecule has 0 radical (unpaired) electrons. The van der Waals surface area contributed by atoms with E-state index in [2.05, 4.69) is 0 Å². The second kappa shape index (κ2) is 7.53. The Hall–Kier alpha value is -2.93. The number of hydrogen-bond acceptors (Lipinski definition) is 5. The highest BCUT2D eigenvalue weighted by molar-refractivity contribution is 7.98. The first kappa shape index (κ1) is 17.9. The molecule has 0 bridgehead atoms. The predicted molar refractivity (Wildman–Crippen MR) is 105 cm³/mol. The van der Waals surface area contributed by atoms with Gasteiger partial charge in [0.05, 0.1) is 19.3 Å². The Morgan fingerprint density at radius 1 is 1.08 bits per heavy atom. The van der Waals surface area contributed by atoms with E-state index in [1.165, 1.54) is 27.0 Å². The van der Waals surface area contributed by atoms with Gasteiger partial charge in [-0.05, 0) is 36.1 Å². The van der Waals surface area contributed by atoms with Crippen molar-refractivity contribution in [2.24, 2.45) is 0 Å². The highest BCUT2D eigenvalue weighted by Crippen LogP contribution is 2.23. The summed E-state index contributed by atoms with van der Waals surface area (Å²) in [4.78, 5) is 26.3. The molecule has 26 heavy (non-hydrogen) atoms. The maximum absolute atomic E-state index is 13.0. The molecular formula is C19H19N3O3S. The number of nitrogens with zero attached hydrogens (tertiary/aromatic N) is 2. The van der Waals surface area contributed by atoms with Crippen LogP contribution in [0.5, 0.6) is 5.75 Å². The monoisotopic (exact) mass is 369 g/mol. The van der Waals surface area contributed by atoms with Gasteiger partial charge in [-0.15, -0.1) is 11.8 Å². The van der Waals surface area contributed by atoms with Crippen molar-refractivity contribution < 1.29 is 4.74 Å². The van der Waals surface area contributed by atoms with Crippen molar-refractivity contribution in [1.29, 1.82) is 0 Å². The normalized spacial score (nSPS) is 10.7. The first-order valence-corrected chi connectivity index (χ1v) is 9.16. The van der Waals surface area contributed by atoms with E-state index < -0.39 is 11.2 Å². The van der Waals surface area contributed by atoms with Crippen molar-refractivity contribution in [2.75, 3.05) is 19.1 Å². The fourth-order valence-corrected chi connectivity index (χ4v) is 3.29. The molecule has 0 fully saturated rings. The third kappa shape index (κ3) is 3.39. The quantitative estimate of drug-likeness (QED) is 0.699. The lowest BCUT2D eigenvalue weighted by molar-refractivity contribution is 0.414. The average Bonchev–Trinajstić information content (AvgIpc) is 2.66. The van der Waals surface area contributed by atoms with Crippen LogP contribution in [0.1, 0.15) is 5.56 Å². The number of methoxy groups -OCH3 is 1. The Bertz CT molecular complexity index is 1040. The maximum Gasteiger partial charge on any atom is 0.337 e. The fourth-order valence-electron chi connectivity index (χ4n) is 2.71. The molecule has 0 unspecified atom stereocenters. The van der Waals surface area contributed by atoms with E-state index in [9.17, 15) is 9.59 Å². The maximum atomic E-state index is 13.0. The smallest absolute Gasteiger partial charge is 0.337 e. The van der Waals surface area contributed by atoms with Crippen LogP contribution in [0, 0.1) is 0 Å². The highest BCUT2D eigenvalue weighted by atomic mass is 32.2. The molecule has 0 spiro atoms. The Morgan fingerprint density at radius 3 is 2.42 bits per heavy atom. The molecule has 0 saturated carbocycles. The lowest BCUT2D eigenvalue weighted by Gasteiger charge is -2.15. The Labute approximate surface area is 154 Å². The summed E-state index contributed by atoms with van der Waals surface area (Å²) >= 11 is 1.51. The summed E-state index contributed by atoms with van der Waals surface area (Å²) < 4.78 is 7.68. The van der Waals surface area contributed by atoms with Crippen LogP contribution in [0.2, 0.25) is 0 Å². The summed E-state index contributed by atoms with van der Waals surface area (Å²) in [5.41, 5.74) is 6.58. The molecule has 0 atom stereocenters. The second-order valence-corrected chi connectivity index (χ2v) is 6.48. The van der Waals surface area contributed by atoms with Crippen molar-refractivity contribution in [3.05, 3.63) is 81.0 Å². The van der Waals surface area contributed by atoms with Crippen molar-refractivity contribution in [1.82, 2.24) is 9.13 Å². The first-order chi connectivity index (χ1) is 12.5. The molecule has 1 aromatic heterocycles. The van der Waals surface area contributed by atoms with Crippen molar-refractivity contribution in [2.45, 2.75) is 11.4 Å². The number of benzene rings is 2. The molecule has 3 aromatic rings. The molecule has 2 aromatic carbocycles. The third-order valence-electron chi connectivity index (χ3n) is 4.04. The summed E-state index contributed by atoms with van der Waals surface area (Å²) in [7, 11) is 1.58. The molecule has 0 aliphatic heterocycles. The van der Waals surface area contributed by atoms with Crippen LogP contribution in [0.3, 0.4) is 0 Å². The standard InChI is InChI=1S/C19H19N3O3S/c1-25-14-9-7-13(8-10-14)12-21-18(23)11-17(20)22(19(21)24)15-5-3-4-6-16(15)26-2/h3-11H,12,20H2,1-2H3. The summed E-state index contributed by atoms with van der Waals surface area (Å²) in [5, 5.41) is 0. The molecule has 0 aliphatic rings. The van der Waals surface area contributed by atoms with Crippen LogP contribution in [0.15, 0.2) is 69.1 Å². The zero-order valence-corrected chi connectivity index (χ0v) is 15.3. The third-order valence-corrected chi connectivity index (χ3v) is 4.83. The number of thioether (sulfide) groups is 1. The van der Waals surface area contributed by atoms with Gasteiger partial charge in [-0.1, -0.05) is 24.3 Å². The molecule has 0 aliphatic carbocycles. The van der Waals surface area contributed by atoms with Crippen molar-refractivity contribution in [3.8, 4) is 11.4 Å². The summed E-state index contributed by atoms with van der Waals surface area (Å²) in [6, 6.07) is 15.9. The first-order valence-electron chi connectivity index (χ1n) is 7.94. The predicted octanol–water partition coefficient (Wildman–Crippen LogP) is 2.36. The van der Waals surface area contributed by atoms with Crippen LogP contribution >= 0.6 is 11.8 Å². The molecule has 1 heterocycles. The second-order valence-electron chi connectivity index (χ2n) is 5.63. The van der Waals surface area contributed by atoms with Gasteiger partial charge in [-0.3, -0.25) is 9.36 Å². The Kier molecular flexibility index (Phi) is 5.18. The minimum atomic E-state index is -0.465. The molecule has 0 saturated heterocycles. The van der Waals surface area contributed by atoms with Gasteiger partial charge in [-0.2, -0.15) is 0 Å². The number of ether oxygens (including phenoxy) is 1. The SMILES string of the molecule is COc1ccc(Cn2c(=O)cc(N)n(-c3ccccc3SC)c2=O)cc1. The van der Waals surface area contributed by atoms with Gasteiger partial charge >= 0.3 is 5.69 Å². The van der Waals surface area contributed by atoms with Crippen LogP contribution in [-0.2, 0) is 6.54 Å². The highest BCUT2D eigenvalue weighted by Gasteiger charge is 2.14. The van der Waals surface area contributed by atoms with E-state index in [-0.39, 0.29) is 12.4 Å². The molecule has 0 amide bonds. The fraction of sp³-hybridized carbons (Fsp3) is 0.158. The van der Waals surface area contributed by atoms with Gasteiger partial charge in [0.2, 0.25) is 0 Å². The minimum Gasteiger partial charge on any atom is -0.497 e. The van der Waals surface area contributed by atoms with E-state index in [4.69, 9.17) is 10.5 Å². The summed E-state index contributed by atoms with van der Waals surface area (Å²) in [6.45, 7) is 0.156. The number of nitrogens with two attached hydrogens (primary N) is 1. The summed E-state index contributed by atoms with van der Waals surface area (Å²) in [6.07, 6.45) is 1.92. The van der Waals surface area contributed by atoms with E-state index in [1.807, 2.05) is 42.7 Å². The lowest BCUT2D eigenvalue weighted by atomic mass is 10.2. The lowest BCUT2D eigenvalue weighted by Crippen LogP contribution is -2.40. The Morgan fingerprint density at radius 2 is 1.77 bits per heavy atom. The average molecular weight is 369 g/mol. The largest absolute Gasteiger partial charge is 0.497 e. The molecule has 2 N–H and O–H groups in total. The van der Waals surface area contributed by atoms with E-state index in [0.29, 0.717) is 11.4 Å². The van der Waals surface area contributed by atoms with Crippen molar-refractivity contribution >= 4 is 17.6 Å². The zero-order chi connectivity index (χ0) is 18.7. The van der Waals surface area contributed by atoms with E-state index in [0.717, 1.165) is 10.5 Å². The number of hydrogen-bond donors (Lipinski definition) is 1. The van der Waals surface area contributed by atoms with Gasteiger partial charge in [0, 0.05) is 11.0 Å². The van der Waals surface area contributed by atoms with E-state index >= 15 is 0 Å². The van der Waals surface area contributed by atoms with Crippen LogP contribution in [-0.4, -0.2) is 22.5 Å². The van der Waals surface area contributed by atoms with Crippen LogP contribution < -0.4 is 21.7 Å². The number of aromatic nitrogens is 2. The van der Waals surface area contributed by atoms with Gasteiger partial charge in [-0.25, -0.2) is 9.36 Å². The van der Waals surface area contributed by atoms with E-state index in [1.54, 1.807) is 19.2 Å².